The maximum atomic E-state index is 11.6. The van der Waals surface area contributed by atoms with Crippen LogP contribution >= 0.6 is 11.8 Å². The van der Waals surface area contributed by atoms with Crippen molar-refractivity contribution in [2.24, 2.45) is 5.92 Å². The third-order valence-electron chi connectivity index (χ3n) is 2.51. The van der Waals surface area contributed by atoms with Crippen LogP contribution in [0.3, 0.4) is 0 Å². The lowest BCUT2D eigenvalue weighted by Gasteiger charge is -2.21. The van der Waals surface area contributed by atoms with Gasteiger partial charge in [-0.3, -0.25) is 9.59 Å². The number of carbonyl (C=O) groups is 2. The van der Waals surface area contributed by atoms with Gasteiger partial charge in [0.2, 0.25) is 11.8 Å². The highest BCUT2D eigenvalue weighted by Crippen LogP contribution is 2.14. The zero-order valence-electron chi connectivity index (χ0n) is 9.60. The van der Waals surface area contributed by atoms with Crippen LogP contribution in [0.1, 0.15) is 13.8 Å². The first-order chi connectivity index (χ1) is 7.54. The summed E-state index contributed by atoms with van der Waals surface area (Å²) in [6.07, 6.45) is 0. The first kappa shape index (κ1) is 13.3. The van der Waals surface area contributed by atoms with Crippen molar-refractivity contribution >= 4 is 23.6 Å². The van der Waals surface area contributed by atoms with Crippen LogP contribution in [-0.4, -0.2) is 52.6 Å². The number of nitrogens with one attached hydrogen (secondary N) is 1. The number of aliphatic hydroxyl groups is 1. The lowest BCUT2D eigenvalue weighted by molar-refractivity contribution is -0.132. The Morgan fingerprint density at radius 3 is 2.75 bits per heavy atom. The minimum Gasteiger partial charge on any atom is -0.394 e. The van der Waals surface area contributed by atoms with E-state index in [1.54, 1.807) is 0 Å². The second-order valence-corrected chi connectivity index (χ2v) is 5.12. The van der Waals surface area contributed by atoms with Crippen molar-refractivity contribution in [3.8, 4) is 0 Å². The van der Waals surface area contributed by atoms with Gasteiger partial charge in [0.05, 0.1) is 24.3 Å². The van der Waals surface area contributed by atoms with Gasteiger partial charge in [-0.05, 0) is 5.92 Å². The van der Waals surface area contributed by atoms with Crippen molar-refractivity contribution in [2.45, 2.75) is 19.9 Å². The highest BCUT2D eigenvalue weighted by atomic mass is 32.2. The molecule has 1 saturated heterocycles. The van der Waals surface area contributed by atoms with E-state index in [1.165, 1.54) is 16.7 Å². The zero-order chi connectivity index (χ0) is 12.1. The molecule has 1 aliphatic heterocycles. The molecule has 2 N–H and O–H groups in total. The molecular formula is C10H18N2O3S. The maximum Gasteiger partial charge on any atom is 0.239 e. The summed E-state index contributed by atoms with van der Waals surface area (Å²) < 4.78 is 0. The molecule has 0 spiro atoms. The van der Waals surface area contributed by atoms with Crippen LogP contribution < -0.4 is 5.32 Å². The van der Waals surface area contributed by atoms with Crippen molar-refractivity contribution in [1.29, 1.82) is 0 Å². The summed E-state index contributed by atoms with van der Waals surface area (Å²) in [5, 5.41) is 11.8. The van der Waals surface area contributed by atoms with Crippen LogP contribution in [0.5, 0.6) is 0 Å². The van der Waals surface area contributed by atoms with E-state index < -0.39 is 0 Å². The van der Waals surface area contributed by atoms with Crippen molar-refractivity contribution in [2.75, 3.05) is 24.8 Å². The fourth-order valence-electron chi connectivity index (χ4n) is 1.39. The molecule has 0 saturated carbocycles. The number of nitrogens with zero attached hydrogens (tertiary/aromatic N) is 1. The number of thioether (sulfide) groups is 1. The molecule has 0 unspecified atom stereocenters. The third-order valence-corrected chi connectivity index (χ3v) is 3.45. The van der Waals surface area contributed by atoms with Crippen LogP contribution in [0.4, 0.5) is 0 Å². The SMILES string of the molecule is CC(C)[C@@H](CO)NC(=O)CN1CSCC1=O. The molecule has 1 fully saturated rings. The Hall–Kier alpha value is -0.750. The van der Waals surface area contributed by atoms with Crippen LogP contribution in [0.25, 0.3) is 0 Å². The normalized spacial score (nSPS) is 18.0. The summed E-state index contributed by atoms with van der Waals surface area (Å²) in [4.78, 5) is 24.4. The van der Waals surface area contributed by atoms with E-state index in [4.69, 9.17) is 5.11 Å². The van der Waals surface area contributed by atoms with Crippen LogP contribution in [0.2, 0.25) is 0 Å². The average molecular weight is 246 g/mol. The quantitative estimate of drug-likeness (QED) is 0.696. The monoisotopic (exact) mass is 246 g/mol. The van der Waals surface area contributed by atoms with Gasteiger partial charge in [0.15, 0.2) is 0 Å². The van der Waals surface area contributed by atoms with Crippen molar-refractivity contribution in [3.63, 3.8) is 0 Å². The molecule has 0 bridgehead atoms. The molecule has 0 aromatic heterocycles. The predicted molar refractivity (Wildman–Crippen MR) is 62.9 cm³/mol. The Morgan fingerprint density at radius 2 is 2.31 bits per heavy atom. The molecule has 0 aromatic carbocycles. The first-order valence-electron chi connectivity index (χ1n) is 5.30. The smallest absolute Gasteiger partial charge is 0.239 e. The van der Waals surface area contributed by atoms with Crippen LogP contribution in [0, 0.1) is 5.92 Å². The fraction of sp³-hybridized carbons (Fsp3) is 0.800. The average Bonchev–Trinajstić information content (AvgIpc) is 2.60. The molecule has 0 radical (unpaired) electrons. The number of hydrogen-bond donors (Lipinski definition) is 2. The first-order valence-corrected chi connectivity index (χ1v) is 6.45. The molecule has 6 heteroatoms. The number of amides is 2. The van der Waals surface area contributed by atoms with E-state index in [-0.39, 0.29) is 36.9 Å². The summed E-state index contributed by atoms with van der Waals surface area (Å²) >= 11 is 1.51. The molecule has 1 atom stereocenters. The van der Waals surface area contributed by atoms with Gasteiger partial charge in [-0.15, -0.1) is 11.8 Å². The molecule has 5 nitrogen and oxygen atoms in total. The summed E-state index contributed by atoms with van der Waals surface area (Å²) in [5.74, 6) is 1.02. The second kappa shape index (κ2) is 6.10. The molecule has 1 heterocycles. The number of carbonyl (C=O) groups excluding carboxylic acids is 2. The predicted octanol–water partition coefficient (Wildman–Crippen LogP) is -0.348. The fourth-order valence-corrected chi connectivity index (χ4v) is 2.29. The van der Waals surface area contributed by atoms with Crippen molar-refractivity contribution in [3.05, 3.63) is 0 Å². The highest BCUT2D eigenvalue weighted by molar-refractivity contribution is 8.00. The third kappa shape index (κ3) is 3.68. The Morgan fingerprint density at radius 1 is 1.62 bits per heavy atom. The van der Waals surface area contributed by atoms with Gasteiger partial charge < -0.3 is 15.3 Å². The summed E-state index contributed by atoms with van der Waals surface area (Å²) in [7, 11) is 0. The van der Waals surface area contributed by atoms with Gasteiger partial charge in [-0.1, -0.05) is 13.8 Å². The minimum atomic E-state index is -0.238. The standard InChI is InChI=1S/C10H18N2O3S/c1-7(2)8(4-13)11-9(14)3-12-6-16-5-10(12)15/h7-8,13H,3-6H2,1-2H3,(H,11,14)/t8-/m1/s1. The van der Waals surface area contributed by atoms with Gasteiger partial charge in [-0.25, -0.2) is 0 Å². The second-order valence-electron chi connectivity index (χ2n) is 4.17. The number of rotatable bonds is 5. The highest BCUT2D eigenvalue weighted by Gasteiger charge is 2.24. The Balaban J connectivity index is 2.37. The van der Waals surface area contributed by atoms with Gasteiger partial charge in [0.25, 0.3) is 0 Å². The van der Waals surface area contributed by atoms with E-state index in [0.717, 1.165) is 0 Å². The molecule has 92 valence electrons. The van der Waals surface area contributed by atoms with E-state index in [9.17, 15) is 9.59 Å². The largest absolute Gasteiger partial charge is 0.394 e. The summed E-state index contributed by atoms with van der Waals surface area (Å²) in [6.45, 7) is 3.87. The molecular weight excluding hydrogens is 228 g/mol. The van der Waals surface area contributed by atoms with Crippen LogP contribution in [0.15, 0.2) is 0 Å². The Bertz CT molecular complexity index is 271. The van der Waals surface area contributed by atoms with Gasteiger partial charge >= 0.3 is 0 Å². The van der Waals surface area contributed by atoms with Crippen molar-refractivity contribution < 1.29 is 14.7 Å². The van der Waals surface area contributed by atoms with Crippen LogP contribution in [-0.2, 0) is 9.59 Å². The lowest BCUT2D eigenvalue weighted by atomic mass is 10.1. The van der Waals surface area contributed by atoms with Gasteiger partial charge in [0.1, 0.15) is 6.54 Å². The Labute approximate surface area is 99.6 Å². The summed E-state index contributed by atoms with van der Waals surface area (Å²) in [5.41, 5.74) is 0. The van der Waals surface area contributed by atoms with E-state index in [2.05, 4.69) is 5.32 Å². The minimum absolute atomic E-state index is 0.00486. The lowest BCUT2D eigenvalue weighted by Crippen LogP contribution is -2.46. The van der Waals surface area contributed by atoms with E-state index >= 15 is 0 Å². The number of hydrogen-bond acceptors (Lipinski definition) is 4. The number of aliphatic hydroxyl groups excluding tert-OH is 1. The molecule has 0 aromatic rings. The van der Waals surface area contributed by atoms with Gasteiger partial charge in [0, 0.05) is 0 Å². The van der Waals surface area contributed by atoms with Gasteiger partial charge in [-0.2, -0.15) is 0 Å². The molecule has 0 aliphatic carbocycles. The zero-order valence-corrected chi connectivity index (χ0v) is 10.4. The van der Waals surface area contributed by atoms with E-state index in [0.29, 0.717) is 11.6 Å². The van der Waals surface area contributed by atoms with Crippen molar-refractivity contribution in [1.82, 2.24) is 10.2 Å². The Kier molecular flexibility index (Phi) is 5.08. The molecule has 16 heavy (non-hydrogen) atoms. The van der Waals surface area contributed by atoms with E-state index in [1.807, 2.05) is 13.8 Å². The topological polar surface area (TPSA) is 69.6 Å². The molecule has 1 aliphatic rings. The molecule has 1 rings (SSSR count). The molecule has 2 amide bonds. The maximum absolute atomic E-state index is 11.6. The summed E-state index contributed by atoms with van der Waals surface area (Å²) in [6, 6.07) is -0.238.